The topological polar surface area (TPSA) is 24.4 Å². The number of aliphatic imine (C=N–C) groups is 1. The molecule has 3 atom stereocenters. The Morgan fingerprint density at radius 1 is 1.29 bits per heavy atom. The number of rotatable bonds is 3. The number of amidine groups is 1. The minimum atomic E-state index is 0.808. The van der Waals surface area contributed by atoms with E-state index < -0.39 is 0 Å². The molecular formula is C14H24N2S. The Balaban J connectivity index is 1.39. The van der Waals surface area contributed by atoms with Gasteiger partial charge in [0.1, 0.15) is 0 Å². The van der Waals surface area contributed by atoms with E-state index in [1.54, 1.807) is 0 Å². The second-order valence-electron chi connectivity index (χ2n) is 6.16. The molecule has 96 valence electrons. The van der Waals surface area contributed by atoms with Crippen LogP contribution in [0.5, 0.6) is 0 Å². The molecule has 3 aliphatic rings. The van der Waals surface area contributed by atoms with E-state index in [1.807, 2.05) is 11.8 Å². The van der Waals surface area contributed by atoms with E-state index in [-0.39, 0.29) is 0 Å². The van der Waals surface area contributed by atoms with E-state index in [9.17, 15) is 0 Å². The van der Waals surface area contributed by atoms with Crippen LogP contribution in [0.3, 0.4) is 0 Å². The normalized spacial score (nSPS) is 37.9. The first-order chi connectivity index (χ1) is 8.31. The minimum absolute atomic E-state index is 0.808. The molecule has 2 nitrogen and oxygen atoms in total. The summed E-state index contributed by atoms with van der Waals surface area (Å²) in [5.74, 6) is 2.81. The molecule has 2 fully saturated rings. The van der Waals surface area contributed by atoms with Gasteiger partial charge in [0.15, 0.2) is 5.17 Å². The van der Waals surface area contributed by atoms with Crippen LogP contribution in [0, 0.1) is 17.8 Å². The zero-order valence-corrected chi connectivity index (χ0v) is 11.6. The molecule has 1 N–H and O–H groups in total. The molecule has 3 unspecified atom stereocenters. The average Bonchev–Trinajstić information content (AvgIpc) is 3.07. The molecule has 2 aliphatic carbocycles. The van der Waals surface area contributed by atoms with Gasteiger partial charge in [-0.15, -0.1) is 0 Å². The van der Waals surface area contributed by atoms with Crippen molar-refractivity contribution >= 4 is 16.9 Å². The summed E-state index contributed by atoms with van der Waals surface area (Å²) in [5, 5.41) is 5.64. The van der Waals surface area contributed by atoms with Crippen molar-refractivity contribution in [2.45, 2.75) is 50.7 Å². The van der Waals surface area contributed by atoms with Crippen molar-refractivity contribution in [3.63, 3.8) is 0 Å². The maximum Gasteiger partial charge on any atom is 0.156 e. The van der Waals surface area contributed by atoms with Crippen molar-refractivity contribution in [2.24, 2.45) is 22.7 Å². The third kappa shape index (κ3) is 3.18. The van der Waals surface area contributed by atoms with Gasteiger partial charge in [0.2, 0.25) is 0 Å². The predicted octanol–water partition coefficient (Wildman–Crippen LogP) is 3.28. The van der Waals surface area contributed by atoms with Crippen LogP contribution in [0.4, 0.5) is 0 Å². The van der Waals surface area contributed by atoms with E-state index in [2.05, 4.69) is 17.2 Å². The van der Waals surface area contributed by atoms with Crippen LogP contribution in [-0.4, -0.2) is 23.5 Å². The van der Waals surface area contributed by atoms with Crippen LogP contribution in [0.1, 0.15) is 45.4 Å². The summed E-state index contributed by atoms with van der Waals surface area (Å²) in [6, 6.07) is 0. The average molecular weight is 252 g/mol. The first kappa shape index (κ1) is 11.9. The second kappa shape index (κ2) is 5.21. The molecule has 3 heteroatoms. The Kier molecular flexibility index (Phi) is 3.64. The minimum Gasteiger partial charge on any atom is -0.365 e. The molecule has 1 heterocycles. The van der Waals surface area contributed by atoms with Gasteiger partial charge >= 0.3 is 0 Å². The van der Waals surface area contributed by atoms with Crippen LogP contribution < -0.4 is 5.32 Å². The first-order valence-corrected chi connectivity index (χ1v) is 8.14. The number of hydrogen-bond acceptors (Lipinski definition) is 3. The first-order valence-electron chi connectivity index (χ1n) is 7.26. The zero-order chi connectivity index (χ0) is 11.7. The molecular weight excluding hydrogens is 228 g/mol. The molecule has 0 aromatic carbocycles. The lowest BCUT2D eigenvalue weighted by atomic mass is 9.82. The van der Waals surface area contributed by atoms with Crippen molar-refractivity contribution in [3.05, 3.63) is 0 Å². The van der Waals surface area contributed by atoms with Gasteiger partial charge in [-0.2, -0.15) is 0 Å². The third-order valence-electron chi connectivity index (χ3n) is 4.41. The monoisotopic (exact) mass is 252 g/mol. The molecule has 0 aromatic rings. The Bertz CT molecular complexity index is 299. The molecule has 0 radical (unpaired) electrons. The number of nitrogens with zero attached hydrogens (tertiary/aromatic N) is 1. The summed E-state index contributed by atoms with van der Waals surface area (Å²) in [6.07, 6.45) is 8.59. The lowest BCUT2D eigenvalue weighted by molar-refractivity contribution is 0.283. The Hall–Kier alpha value is -0.180. The van der Waals surface area contributed by atoms with Crippen molar-refractivity contribution < 1.29 is 0 Å². The van der Waals surface area contributed by atoms with Gasteiger partial charge < -0.3 is 5.32 Å². The predicted molar refractivity (Wildman–Crippen MR) is 75.5 cm³/mol. The Labute approximate surface area is 109 Å². The second-order valence-corrected chi connectivity index (χ2v) is 7.39. The van der Waals surface area contributed by atoms with Gasteiger partial charge in [0, 0.05) is 11.8 Å². The zero-order valence-electron chi connectivity index (χ0n) is 10.8. The fraction of sp³-hybridized carbons (Fsp3) is 0.929. The van der Waals surface area contributed by atoms with Crippen LogP contribution in [0.15, 0.2) is 4.99 Å². The van der Waals surface area contributed by atoms with E-state index in [0.717, 1.165) is 36.1 Å². The van der Waals surface area contributed by atoms with Crippen molar-refractivity contribution in [1.29, 1.82) is 0 Å². The maximum absolute atomic E-state index is 4.65. The van der Waals surface area contributed by atoms with Crippen LogP contribution in [0.2, 0.25) is 0 Å². The van der Waals surface area contributed by atoms with Crippen LogP contribution in [0.25, 0.3) is 0 Å². The maximum atomic E-state index is 4.65. The van der Waals surface area contributed by atoms with Gasteiger partial charge in [-0.05, 0) is 43.4 Å². The number of nitrogens with one attached hydrogen (secondary N) is 1. The van der Waals surface area contributed by atoms with E-state index >= 15 is 0 Å². The van der Waals surface area contributed by atoms with Gasteiger partial charge in [-0.3, -0.25) is 4.99 Å². The van der Waals surface area contributed by atoms with Gasteiger partial charge in [-0.1, -0.05) is 31.5 Å². The molecule has 2 saturated carbocycles. The van der Waals surface area contributed by atoms with Gasteiger partial charge in [0.25, 0.3) is 0 Å². The van der Waals surface area contributed by atoms with Crippen molar-refractivity contribution in [2.75, 3.05) is 13.1 Å². The lowest BCUT2D eigenvalue weighted by Gasteiger charge is -2.27. The highest BCUT2D eigenvalue weighted by Gasteiger charge is 2.35. The quantitative estimate of drug-likeness (QED) is 0.833. The summed E-state index contributed by atoms with van der Waals surface area (Å²) in [6.45, 7) is 4.63. The molecule has 0 aromatic heterocycles. The van der Waals surface area contributed by atoms with E-state index in [0.29, 0.717) is 0 Å². The van der Waals surface area contributed by atoms with Crippen molar-refractivity contribution in [3.8, 4) is 0 Å². The highest BCUT2D eigenvalue weighted by molar-refractivity contribution is 8.14. The summed E-state index contributed by atoms with van der Waals surface area (Å²) in [4.78, 5) is 4.65. The third-order valence-corrected chi connectivity index (χ3v) is 5.75. The molecule has 17 heavy (non-hydrogen) atoms. The van der Waals surface area contributed by atoms with Gasteiger partial charge in [-0.25, -0.2) is 0 Å². The van der Waals surface area contributed by atoms with Crippen LogP contribution >= 0.6 is 11.8 Å². The van der Waals surface area contributed by atoms with Crippen molar-refractivity contribution in [1.82, 2.24) is 5.32 Å². The lowest BCUT2D eigenvalue weighted by Crippen LogP contribution is -2.29. The fourth-order valence-electron chi connectivity index (χ4n) is 3.18. The van der Waals surface area contributed by atoms with Crippen LogP contribution in [-0.2, 0) is 0 Å². The number of hydrogen-bond donors (Lipinski definition) is 1. The molecule has 0 amide bonds. The Morgan fingerprint density at radius 3 is 2.94 bits per heavy atom. The molecule has 3 rings (SSSR count). The van der Waals surface area contributed by atoms with Gasteiger partial charge in [0.05, 0.1) is 6.54 Å². The smallest absolute Gasteiger partial charge is 0.156 e. The molecule has 0 bridgehead atoms. The van der Waals surface area contributed by atoms with E-state index in [4.69, 9.17) is 0 Å². The largest absolute Gasteiger partial charge is 0.365 e. The fourth-order valence-corrected chi connectivity index (χ4v) is 4.39. The summed E-state index contributed by atoms with van der Waals surface area (Å²) in [7, 11) is 0. The number of thioether (sulfide) groups is 1. The highest BCUT2D eigenvalue weighted by atomic mass is 32.2. The SMILES string of the molecule is CC1CCCC(CNC2=NCC(C3CC3)S2)C1. The summed E-state index contributed by atoms with van der Waals surface area (Å²) in [5.41, 5.74) is 0. The van der Waals surface area contributed by atoms with E-state index in [1.165, 1.54) is 43.7 Å². The summed E-state index contributed by atoms with van der Waals surface area (Å²) < 4.78 is 0. The standard InChI is InChI=1S/C14H24N2S/c1-10-3-2-4-11(7-10)8-15-14-16-9-13(17-14)12-5-6-12/h10-13H,2-9H2,1H3,(H,15,16). The molecule has 1 aliphatic heterocycles. The highest BCUT2D eigenvalue weighted by Crippen LogP contribution is 2.41. The molecule has 0 spiro atoms. The summed E-state index contributed by atoms with van der Waals surface area (Å²) >= 11 is 2.01. The Morgan fingerprint density at radius 2 is 2.18 bits per heavy atom. The molecule has 0 saturated heterocycles.